The first-order valence-electron chi connectivity index (χ1n) is 28.3. The Kier molecular flexibility index (Phi) is 2.67. The van der Waals surface area contributed by atoms with Crippen LogP contribution in [0.2, 0.25) is 0 Å². The summed E-state index contributed by atoms with van der Waals surface area (Å²) in [7, 11) is 0. The van der Waals surface area contributed by atoms with Crippen LogP contribution in [0.1, 0.15) is 41.2 Å². The first kappa shape index (κ1) is 12.8. The van der Waals surface area contributed by atoms with E-state index in [1.54, 1.807) is 0 Å². The van der Waals surface area contributed by atoms with E-state index in [4.69, 9.17) is 26.9 Å². The fraction of sp³-hybridized carbons (Fsp3) is 0.0213. The summed E-state index contributed by atoms with van der Waals surface area (Å²) in [6.07, 6.45) is 0. The number of hydrogen-bond acceptors (Lipinski definition) is 2. The molecule has 0 amide bonds. The zero-order chi connectivity index (χ0) is 56.3. The SMILES string of the molecule is [2H]c1cc2c(-c3c([2H])c([2H])c4c([2H])c(C)c([2H])c([2H])c4c3[2H])nc(-n3c4c([2H])c([2H])c([2H])c([2H])c4c4c5c6c([2H])c([2H])c([2H])c([2H])c6n(-c6c([2H])c([2H])c7c([2H])c([2H])c([2H])c([2H])c7c6[2H])c5c([2H])c([2H])c43)nc2c([2H])c1[2H]. The summed E-state index contributed by atoms with van der Waals surface area (Å²) in [6, 6.07) is -19.2. The van der Waals surface area contributed by atoms with Crippen molar-refractivity contribution in [1.29, 1.82) is 0 Å². The van der Waals surface area contributed by atoms with Gasteiger partial charge in [0.05, 0.1) is 68.9 Å². The van der Waals surface area contributed by atoms with Crippen molar-refractivity contribution in [2.75, 3.05) is 0 Å². The third kappa shape index (κ3) is 4.14. The molecule has 0 aliphatic heterocycles. The molecule has 4 heteroatoms. The summed E-state index contributed by atoms with van der Waals surface area (Å²) in [5.41, 5.74) is -4.64. The lowest BCUT2D eigenvalue weighted by Crippen LogP contribution is -2.03. The van der Waals surface area contributed by atoms with Gasteiger partial charge in [0.2, 0.25) is 5.95 Å². The molecule has 51 heavy (non-hydrogen) atoms. The number of nitrogens with zero attached hydrogens (tertiary/aromatic N) is 4. The van der Waals surface area contributed by atoms with Crippen molar-refractivity contribution in [2.24, 2.45) is 0 Å². The predicted octanol–water partition coefficient (Wildman–Crippen LogP) is 12.1. The van der Waals surface area contributed by atoms with Crippen LogP contribution < -0.4 is 0 Å². The minimum atomic E-state index is -0.917. The van der Waals surface area contributed by atoms with Gasteiger partial charge in [-0.3, -0.25) is 4.57 Å². The molecule has 238 valence electrons. The molecule has 0 bridgehead atoms. The molecule has 0 aliphatic rings. The van der Waals surface area contributed by atoms with Gasteiger partial charge in [-0.05, 0) is 76.8 Å². The lowest BCUT2D eigenvalue weighted by Gasteiger charge is -2.12. The Morgan fingerprint density at radius 3 is 1.92 bits per heavy atom. The number of benzene rings is 8. The molecule has 0 N–H and O–H groups in total. The van der Waals surface area contributed by atoms with Crippen molar-refractivity contribution in [2.45, 2.75) is 6.92 Å². The Hall–Kier alpha value is -6.78. The van der Waals surface area contributed by atoms with E-state index in [9.17, 15) is 13.7 Å². The highest BCUT2D eigenvalue weighted by molar-refractivity contribution is 6.29. The Morgan fingerprint density at radius 2 is 1.10 bits per heavy atom. The lowest BCUT2D eigenvalue weighted by molar-refractivity contribution is 1.01. The van der Waals surface area contributed by atoms with Crippen molar-refractivity contribution in [3.63, 3.8) is 0 Å². The molecule has 0 radical (unpaired) electrons. The molecule has 0 saturated carbocycles. The monoisotopic (exact) mass is 676 g/mol. The van der Waals surface area contributed by atoms with Gasteiger partial charge in [-0.1, -0.05) is 120 Å². The highest BCUT2D eigenvalue weighted by atomic mass is 15.2. The summed E-state index contributed by atoms with van der Waals surface area (Å²) >= 11 is 0. The van der Waals surface area contributed by atoms with Gasteiger partial charge in [-0.2, -0.15) is 0 Å². The van der Waals surface area contributed by atoms with Gasteiger partial charge in [0, 0.05) is 38.2 Å². The van der Waals surface area contributed by atoms with Gasteiger partial charge in [-0.25, -0.2) is 9.97 Å². The molecule has 4 nitrogen and oxygen atoms in total. The maximum absolute atomic E-state index is 9.89. The van der Waals surface area contributed by atoms with E-state index in [1.165, 1.54) is 6.92 Å². The summed E-state index contributed by atoms with van der Waals surface area (Å²) in [5.74, 6) is -0.742. The van der Waals surface area contributed by atoms with E-state index in [0.717, 1.165) is 15.2 Å². The summed E-state index contributed by atoms with van der Waals surface area (Å²) in [5, 5.41) is -4.02. The molecule has 0 spiro atoms. The second kappa shape index (κ2) is 10.6. The Morgan fingerprint density at radius 1 is 0.471 bits per heavy atom. The minimum absolute atomic E-state index is 0.0174. The van der Waals surface area contributed by atoms with E-state index in [0.29, 0.717) is 0 Å². The van der Waals surface area contributed by atoms with Crippen LogP contribution in [0.5, 0.6) is 0 Å². The fourth-order valence-electron chi connectivity index (χ4n) is 6.41. The van der Waals surface area contributed by atoms with Crippen LogP contribution in [0.3, 0.4) is 0 Å². The van der Waals surface area contributed by atoms with Crippen LogP contribution in [0.4, 0.5) is 0 Å². The third-order valence-corrected chi connectivity index (χ3v) is 8.55. The number of hydrogen-bond donors (Lipinski definition) is 0. The van der Waals surface area contributed by atoms with Gasteiger partial charge in [0.15, 0.2) is 0 Å². The topological polar surface area (TPSA) is 35.6 Å². The standard InChI is InChI=1S/C47H30N4/c1-29-18-19-33-27-34(21-20-32(33)26-29)46-36-12-4-7-15-39(36)48-47(49-46)51-41-17-9-6-14-38(41)45-43(51)25-24-42-44(45)37-13-5-8-16-40(37)50(42)35-23-22-30-10-2-3-11-31(30)28-35/h2-28H,1H3/i2D,3D,4D,5D,6D,7D,8D,9D,10D,11D,13D,14D,15D,16D,17D,18D,19D,20D,21D,22D,23D,24D,25D,26D,27D,28D. The Bertz CT molecular complexity index is 4720. The first-order valence-corrected chi connectivity index (χ1v) is 15.3. The molecule has 3 aromatic heterocycles. The largest absolute Gasteiger partial charge is 0.309 e. The number of para-hydroxylation sites is 3. The van der Waals surface area contributed by atoms with Crippen molar-refractivity contribution < 1.29 is 35.6 Å². The van der Waals surface area contributed by atoms with E-state index >= 15 is 0 Å². The van der Waals surface area contributed by atoms with Gasteiger partial charge >= 0.3 is 0 Å². The zero-order valence-electron chi connectivity index (χ0n) is 51.9. The van der Waals surface area contributed by atoms with Crippen molar-refractivity contribution in [1.82, 2.24) is 19.1 Å². The van der Waals surface area contributed by atoms with E-state index in [2.05, 4.69) is 4.98 Å². The molecule has 3 heterocycles. The quantitative estimate of drug-likeness (QED) is 0.187. The number of aromatic nitrogens is 4. The first-order chi connectivity index (χ1) is 36.0. The zero-order valence-corrected chi connectivity index (χ0v) is 25.9. The Balaban J connectivity index is 1.43. The molecular weight excluding hydrogens is 621 g/mol. The maximum atomic E-state index is 9.89. The van der Waals surface area contributed by atoms with Crippen molar-refractivity contribution >= 4 is 76.1 Å². The third-order valence-electron chi connectivity index (χ3n) is 8.55. The molecule has 11 rings (SSSR count). The smallest absolute Gasteiger partial charge is 0.235 e. The van der Waals surface area contributed by atoms with Gasteiger partial charge in [0.25, 0.3) is 0 Å². The van der Waals surface area contributed by atoms with Crippen LogP contribution in [0, 0.1) is 6.92 Å². The average Bonchev–Trinajstić information content (AvgIpc) is 4.19. The molecule has 0 atom stereocenters. The highest BCUT2D eigenvalue weighted by Gasteiger charge is 2.22. The normalized spacial score (nSPS) is 19.2. The second-order valence-electron chi connectivity index (χ2n) is 11.5. The molecular formula is C47H30N4. The van der Waals surface area contributed by atoms with Gasteiger partial charge in [0.1, 0.15) is 0 Å². The lowest BCUT2D eigenvalue weighted by atomic mass is 10.0. The summed E-state index contributed by atoms with van der Waals surface area (Å²) in [6.45, 7) is 1.36. The average molecular weight is 677 g/mol. The molecule has 0 aliphatic carbocycles. The van der Waals surface area contributed by atoms with E-state index in [1.807, 2.05) is 0 Å². The Labute approximate surface area is 330 Å². The molecule has 0 saturated heterocycles. The summed E-state index contributed by atoms with van der Waals surface area (Å²) < 4.78 is 237. The van der Waals surface area contributed by atoms with Crippen LogP contribution in [0.15, 0.2) is 163 Å². The van der Waals surface area contributed by atoms with Crippen LogP contribution in [-0.2, 0) is 0 Å². The minimum Gasteiger partial charge on any atom is -0.309 e. The molecule has 11 aromatic rings. The van der Waals surface area contributed by atoms with Crippen molar-refractivity contribution in [3.05, 3.63) is 169 Å². The van der Waals surface area contributed by atoms with E-state index < -0.39 is 245 Å². The van der Waals surface area contributed by atoms with Gasteiger partial charge < -0.3 is 4.57 Å². The van der Waals surface area contributed by atoms with Gasteiger partial charge in [-0.15, -0.1) is 0 Å². The second-order valence-corrected chi connectivity index (χ2v) is 11.5. The maximum Gasteiger partial charge on any atom is 0.235 e. The summed E-state index contributed by atoms with van der Waals surface area (Å²) in [4.78, 5) is 9.30. The molecule has 8 aromatic carbocycles. The fourth-order valence-corrected chi connectivity index (χ4v) is 6.41. The number of fused-ring (bicyclic) bond motifs is 10. The van der Waals surface area contributed by atoms with Crippen molar-refractivity contribution in [3.8, 4) is 22.9 Å². The van der Waals surface area contributed by atoms with Crippen LogP contribution in [-0.4, -0.2) is 19.1 Å². The van der Waals surface area contributed by atoms with E-state index in [-0.39, 0.29) is 16.3 Å². The highest BCUT2D eigenvalue weighted by Crippen LogP contribution is 2.42. The van der Waals surface area contributed by atoms with Crippen LogP contribution in [0.25, 0.3) is 99.0 Å². The molecule has 0 fully saturated rings. The predicted molar refractivity (Wildman–Crippen MR) is 213 cm³/mol. The number of rotatable bonds is 3. The molecule has 0 unspecified atom stereocenters. The van der Waals surface area contributed by atoms with Crippen LogP contribution >= 0.6 is 0 Å².